The van der Waals surface area contributed by atoms with E-state index in [0.717, 1.165) is 28.3 Å². The summed E-state index contributed by atoms with van der Waals surface area (Å²) in [5.41, 5.74) is 9.62. The second-order valence-electron chi connectivity index (χ2n) is 4.42. The molecule has 1 amide bonds. The van der Waals surface area contributed by atoms with Crippen molar-refractivity contribution in [2.24, 2.45) is 12.8 Å². The minimum Gasteiger partial charge on any atom is -0.330 e. The molecule has 1 aliphatic heterocycles. The number of hydrogen-bond acceptors (Lipinski definition) is 3. The average Bonchev–Trinajstić information content (AvgIpc) is 2.89. The maximum atomic E-state index is 11.3. The minimum atomic E-state index is 0.0507. The molecule has 3 rings (SSSR count). The lowest BCUT2D eigenvalue weighted by Crippen LogP contribution is -2.05. The largest absolute Gasteiger partial charge is 0.330 e. The Morgan fingerprint density at radius 1 is 1.50 bits per heavy atom. The predicted molar refractivity (Wildman–Crippen MR) is 68.9 cm³/mol. The van der Waals surface area contributed by atoms with Crippen LogP contribution in [0.1, 0.15) is 11.4 Å². The number of aromatic nitrogens is 2. The van der Waals surface area contributed by atoms with Crippen LogP contribution in [-0.2, 0) is 24.8 Å². The van der Waals surface area contributed by atoms with Crippen LogP contribution in [0.5, 0.6) is 0 Å². The molecule has 1 aromatic heterocycles. The van der Waals surface area contributed by atoms with Crippen LogP contribution in [0.15, 0.2) is 24.4 Å². The van der Waals surface area contributed by atoms with Gasteiger partial charge in [-0.25, -0.2) is 4.98 Å². The zero-order chi connectivity index (χ0) is 12.7. The molecule has 1 aliphatic rings. The van der Waals surface area contributed by atoms with Crippen LogP contribution in [0, 0.1) is 0 Å². The van der Waals surface area contributed by atoms with Crippen molar-refractivity contribution in [1.82, 2.24) is 9.55 Å². The van der Waals surface area contributed by atoms with Gasteiger partial charge >= 0.3 is 0 Å². The summed E-state index contributed by atoms with van der Waals surface area (Å²) in [6, 6.07) is 5.96. The van der Waals surface area contributed by atoms with Gasteiger partial charge in [0.1, 0.15) is 5.82 Å². The van der Waals surface area contributed by atoms with Gasteiger partial charge in [-0.3, -0.25) is 4.79 Å². The Morgan fingerprint density at radius 2 is 2.33 bits per heavy atom. The molecule has 0 saturated carbocycles. The summed E-state index contributed by atoms with van der Waals surface area (Å²) >= 11 is 0. The first-order valence-corrected chi connectivity index (χ1v) is 5.83. The number of carbonyl (C=O) groups is 1. The van der Waals surface area contributed by atoms with Crippen molar-refractivity contribution in [2.45, 2.75) is 13.0 Å². The summed E-state index contributed by atoms with van der Waals surface area (Å²) in [5, 5.41) is 2.83. The first-order chi connectivity index (χ1) is 8.69. The Hall–Kier alpha value is -2.14. The summed E-state index contributed by atoms with van der Waals surface area (Å²) in [6.45, 7) is 0.418. The number of benzene rings is 1. The smallest absolute Gasteiger partial charge is 0.228 e. The Balaban J connectivity index is 2.05. The lowest BCUT2D eigenvalue weighted by molar-refractivity contribution is -0.115. The van der Waals surface area contributed by atoms with Gasteiger partial charge in [0.15, 0.2) is 0 Å². The van der Waals surface area contributed by atoms with Crippen LogP contribution in [0.2, 0.25) is 0 Å². The van der Waals surface area contributed by atoms with E-state index in [0.29, 0.717) is 13.0 Å². The molecule has 1 aromatic carbocycles. The van der Waals surface area contributed by atoms with Crippen LogP contribution in [0.4, 0.5) is 5.69 Å². The molecule has 5 nitrogen and oxygen atoms in total. The zero-order valence-electron chi connectivity index (χ0n) is 10.1. The highest BCUT2D eigenvalue weighted by atomic mass is 16.1. The molecule has 0 fully saturated rings. The van der Waals surface area contributed by atoms with Gasteiger partial charge in [0.2, 0.25) is 5.91 Å². The fourth-order valence-corrected chi connectivity index (χ4v) is 2.29. The quantitative estimate of drug-likeness (QED) is 0.826. The number of imidazole rings is 1. The number of carbonyl (C=O) groups excluding carboxylic acids is 1. The topological polar surface area (TPSA) is 72.9 Å². The second kappa shape index (κ2) is 3.96. The summed E-state index contributed by atoms with van der Waals surface area (Å²) in [4.78, 5) is 15.6. The van der Waals surface area contributed by atoms with Crippen molar-refractivity contribution in [2.75, 3.05) is 5.32 Å². The molecule has 92 valence electrons. The fourth-order valence-electron chi connectivity index (χ4n) is 2.29. The van der Waals surface area contributed by atoms with Crippen LogP contribution in [-0.4, -0.2) is 15.5 Å². The van der Waals surface area contributed by atoms with E-state index >= 15 is 0 Å². The third-order valence-corrected chi connectivity index (χ3v) is 3.29. The first kappa shape index (κ1) is 11.0. The molecule has 18 heavy (non-hydrogen) atoms. The van der Waals surface area contributed by atoms with Crippen LogP contribution in [0.3, 0.4) is 0 Å². The third kappa shape index (κ3) is 1.60. The third-order valence-electron chi connectivity index (χ3n) is 3.29. The highest BCUT2D eigenvalue weighted by molar-refractivity contribution is 5.99. The number of rotatable bonds is 2. The molecule has 0 saturated heterocycles. The van der Waals surface area contributed by atoms with Gasteiger partial charge in [0.05, 0.1) is 24.9 Å². The highest BCUT2D eigenvalue weighted by Crippen LogP contribution is 2.29. The van der Waals surface area contributed by atoms with E-state index in [9.17, 15) is 4.79 Å². The van der Waals surface area contributed by atoms with Crippen LogP contribution < -0.4 is 11.1 Å². The van der Waals surface area contributed by atoms with Crippen molar-refractivity contribution < 1.29 is 4.79 Å². The van der Waals surface area contributed by atoms with Crippen molar-refractivity contribution in [3.8, 4) is 11.3 Å². The van der Waals surface area contributed by atoms with Crippen molar-refractivity contribution in [3.05, 3.63) is 35.8 Å². The Labute approximate surface area is 105 Å². The number of anilines is 1. The summed E-state index contributed by atoms with van der Waals surface area (Å²) in [6.07, 6.45) is 2.26. The fraction of sp³-hybridized carbons (Fsp3) is 0.231. The first-order valence-electron chi connectivity index (χ1n) is 5.83. The van der Waals surface area contributed by atoms with Gasteiger partial charge in [-0.05, 0) is 17.7 Å². The standard InChI is InChI=1S/C13H14N4O/c1-17-11(7-15-12(17)6-14)8-2-3-10-9(4-8)5-13(18)16-10/h2-4,7H,5-6,14H2,1H3,(H,16,18). The maximum absolute atomic E-state index is 11.3. The lowest BCUT2D eigenvalue weighted by atomic mass is 10.1. The highest BCUT2D eigenvalue weighted by Gasteiger charge is 2.18. The Morgan fingerprint density at radius 3 is 3.06 bits per heavy atom. The number of fused-ring (bicyclic) bond motifs is 1. The van der Waals surface area contributed by atoms with E-state index in [4.69, 9.17) is 5.73 Å². The predicted octanol–water partition coefficient (Wildman–Crippen LogP) is 1.04. The summed E-state index contributed by atoms with van der Waals surface area (Å²) in [7, 11) is 1.95. The lowest BCUT2D eigenvalue weighted by Gasteiger charge is -2.06. The SMILES string of the molecule is Cn1c(-c2ccc3c(c2)CC(=O)N3)cnc1CN. The van der Waals surface area contributed by atoms with Gasteiger partial charge in [-0.1, -0.05) is 6.07 Å². The van der Waals surface area contributed by atoms with E-state index in [1.54, 1.807) is 0 Å². The molecular formula is C13H14N4O. The normalized spacial score (nSPS) is 13.6. The number of nitrogens with two attached hydrogens (primary N) is 1. The Kier molecular flexibility index (Phi) is 2.41. The number of nitrogens with zero attached hydrogens (tertiary/aromatic N) is 2. The monoisotopic (exact) mass is 242 g/mol. The molecular weight excluding hydrogens is 228 g/mol. The van der Waals surface area contributed by atoms with Crippen molar-refractivity contribution in [3.63, 3.8) is 0 Å². The molecule has 0 bridgehead atoms. The molecule has 0 radical (unpaired) electrons. The molecule has 3 N–H and O–H groups in total. The molecule has 2 heterocycles. The average molecular weight is 242 g/mol. The molecule has 0 unspecified atom stereocenters. The molecule has 0 aliphatic carbocycles. The minimum absolute atomic E-state index is 0.0507. The number of amides is 1. The molecule has 0 spiro atoms. The van der Waals surface area contributed by atoms with Gasteiger partial charge < -0.3 is 15.6 Å². The number of hydrogen-bond donors (Lipinski definition) is 2. The van der Waals surface area contributed by atoms with Crippen LogP contribution >= 0.6 is 0 Å². The van der Waals surface area contributed by atoms with Gasteiger partial charge in [0, 0.05) is 18.3 Å². The van der Waals surface area contributed by atoms with Gasteiger partial charge in [0.25, 0.3) is 0 Å². The molecule has 2 aromatic rings. The number of nitrogens with one attached hydrogen (secondary N) is 1. The van der Waals surface area contributed by atoms with E-state index in [1.165, 1.54) is 0 Å². The van der Waals surface area contributed by atoms with E-state index in [-0.39, 0.29) is 5.91 Å². The van der Waals surface area contributed by atoms with Crippen molar-refractivity contribution >= 4 is 11.6 Å². The van der Waals surface area contributed by atoms with Gasteiger partial charge in [-0.15, -0.1) is 0 Å². The summed E-state index contributed by atoms with van der Waals surface area (Å²) in [5.74, 6) is 0.898. The van der Waals surface area contributed by atoms with E-state index in [2.05, 4.69) is 10.3 Å². The zero-order valence-corrected chi connectivity index (χ0v) is 10.1. The van der Waals surface area contributed by atoms with E-state index in [1.807, 2.05) is 36.0 Å². The summed E-state index contributed by atoms with van der Waals surface area (Å²) < 4.78 is 1.98. The molecule has 5 heteroatoms. The Bertz CT molecular complexity index is 630. The van der Waals surface area contributed by atoms with E-state index < -0.39 is 0 Å². The van der Waals surface area contributed by atoms with Crippen molar-refractivity contribution in [1.29, 1.82) is 0 Å². The molecule has 0 atom stereocenters. The van der Waals surface area contributed by atoms with Crippen LogP contribution in [0.25, 0.3) is 11.3 Å². The maximum Gasteiger partial charge on any atom is 0.228 e. The second-order valence-corrected chi connectivity index (χ2v) is 4.42. The van der Waals surface area contributed by atoms with Gasteiger partial charge in [-0.2, -0.15) is 0 Å².